The standard InChI is InChI=1S/C17H19NO3/c1-11(17-14(19)6-4-7-15(17)20)18-10-13-9-12-5-2-3-8-16(12)21-13/h2-8,11,13,18-20H,9-10H2,1H3. The SMILES string of the molecule is CC(NCC1Cc2ccccc2O1)c1c(O)cccc1O. The number of hydrogen-bond acceptors (Lipinski definition) is 4. The van der Waals surface area contributed by atoms with Gasteiger partial charge in [0.1, 0.15) is 23.4 Å². The Hall–Kier alpha value is -2.20. The normalized spacial score (nSPS) is 18.0. The minimum absolute atomic E-state index is 0.0813. The van der Waals surface area contributed by atoms with Crippen LogP contribution in [0, 0.1) is 0 Å². The van der Waals surface area contributed by atoms with E-state index in [1.165, 1.54) is 5.56 Å². The summed E-state index contributed by atoms with van der Waals surface area (Å²) in [4.78, 5) is 0. The van der Waals surface area contributed by atoms with Crippen LogP contribution < -0.4 is 10.1 Å². The van der Waals surface area contributed by atoms with Crippen molar-refractivity contribution in [1.82, 2.24) is 5.32 Å². The van der Waals surface area contributed by atoms with Crippen LogP contribution in [0.4, 0.5) is 0 Å². The van der Waals surface area contributed by atoms with Crippen molar-refractivity contribution >= 4 is 0 Å². The molecule has 3 rings (SSSR count). The fraction of sp³-hybridized carbons (Fsp3) is 0.294. The first kappa shape index (κ1) is 13.8. The molecular weight excluding hydrogens is 266 g/mol. The lowest BCUT2D eigenvalue weighted by atomic mass is 10.1. The molecule has 0 aliphatic carbocycles. The predicted octanol–water partition coefficient (Wildman–Crippen LogP) is 2.75. The average Bonchev–Trinajstić information content (AvgIpc) is 2.87. The molecule has 1 heterocycles. The lowest BCUT2D eigenvalue weighted by Crippen LogP contribution is -2.32. The van der Waals surface area contributed by atoms with Crippen LogP contribution in [-0.2, 0) is 6.42 Å². The van der Waals surface area contributed by atoms with Gasteiger partial charge in [0, 0.05) is 19.0 Å². The summed E-state index contributed by atoms with van der Waals surface area (Å²) >= 11 is 0. The van der Waals surface area contributed by atoms with Crippen LogP contribution in [0.15, 0.2) is 42.5 Å². The molecule has 2 aromatic carbocycles. The summed E-state index contributed by atoms with van der Waals surface area (Å²) in [6.07, 6.45) is 0.959. The molecule has 0 fully saturated rings. The van der Waals surface area contributed by atoms with Crippen LogP contribution in [0.25, 0.3) is 0 Å². The fourth-order valence-corrected chi connectivity index (χ4v) is 2.76. The molecule has 1 aliphatic rings. The molecule has 3 N–H and O–H groups in total. The highest BCUT2D eigenvalue weighted by molar-refractivity contribution is 5.45. The van der Waals surface area contributed by atoms with Crippen molar-refractivity contribution in [3.05, 3.63) is 53.6 Å². The quantitative estimate of drug-likeness (QED) is 0.808. The molecule has 0 bridgehead atoms. The van der Waals surface area contributed by atoms with E-state index in [0.717, 1.165) is 12.2 Å². The largest absolute Gasteiger partial charge is 0.507 e. The molecule has 4 nitrogen and oxygen atoms in total. The summed E-state index contributed by atoms with van der Waals surface area (Å²) in [5.74, 6) is 1.15. The lowest BCUT2D eigenvalue weighted by molar-refractivity contribution is 0.222. The van der Waals surface area contributed by atoms with Gasteiger partial charge in [-0.05, 0) is 30.7 Å². The number of benzene rings is 2. The molecule has 21 heavy (non-hydrogen) atoms. The highest BCUT2D eigenvalue weighted by Gasteiger charge is 2.23. The summed E-state index contributed by atoms with van der Waals surface area (Å²) in [6.45, 7) is 2.57. The van der Waals surface area contributed by atoms with Gasteiger partial charge in [-0.2, -0.15) is 0 Å². The van der Waals surface area contributed by atoms with Crippen LogP contribution in [0.2, 0.25) is 0 Å². The Bertz CT molecular complexity index is 596. The van der Waals surface area contributed by atoms with Crippen LogP contribution in [-0.4, -0.2) is 22.9 Å². The van der Waals surface area contributed by atoms with E-state index in [1.54, 1.807) is 18.2 Å². The van der Waals surface area contributed by atoms with Crippen molar-refractivity contribution in [1.29, 1.82) is 0 Å². The summed E-state index contributed by atoms with van der Waals surface area (Å²) in [5, 5.41) is 23.0. The van der Waals surface area contributed by atoms with E-state index in [1.807, 2.05) is 25.1 Å². The second-order valence-corrected chi connectivity index (χ2v) is 5.39. The van der Waals surface area contributed by atoms with Gasteiger partial charge in [0.2, 0.25) is 0 Å². The molecule has 0 aromatic heterocycles. The van der Waals surface area contributed by atoms with Gasteiger partial charge in [0.25, 0.3) is 0 Å². The smallest absolute Gasteiger partial charge is 0.124 e. The summed E-state index contributed by atoms with van der Waals surface area (Å²) in [5.41, 5.74) is 1.75. The minimum Gasteiger partial charge on any atom is -0.507 e. The lowest BCUT2D eigenvalue weighted by Gasteiger charge is -2.19. The minimum atomic E-state index is -0.154. The van der Waals surface area contributed by atoms with Gasteiger partial charge in [-0.1, -0.05) is 24.3 Å². The van der Waals surface area contributed by atoms with Gasteiger partial charge in [0.05, 0.1) is 5.56 Å². The highest BCUT2D eigenvalue weighted by atomic mass is 16.5. The molecule has 0 saturated carbocycles. The molecule has 2 unspecified atom stereocenters. The number of fused-ring (bicyclic) bond motifs is 1. The van der Waals surface area contributed by atoms with Gasteiger partial charge < -0.3 is 20.3 Å². The third-order valence-electron chi connectivity index (χ3n) is 3.86. The average molecular weight is 285 g/mol. The van der Waals surface area contributed by atoms with E-state index in [4.69, 9.17) is 4.74 Å². The van der Waals surface area contributed by atoms with Crippen molar-refractivity contribution in [2.24, 2.45) is 0 Å². The molecule has 2 atom stereocenters. The number of hydrogen-bond donors (Lipinski definition) is 3. The maximum atomic E-state index is 9.86. The third kappa shape index (κ3) is 2.81. The van der Waals surface area contributed by atoms with Crippen molar-refractivity contribution in [3.8, 4) is 17.2 Å². The van der Waals surface area contributed by atoms with Crippen LogP contribution in [0.3, 0.4) is 0 Å². The van der Waals surface area contributed by atoms with Gasteiger partial charge >= 0.3 is 0 Å². The number of aromatic hydroxyl groups is 2. The predicted molar refractivity (Wildman–Crippen MR) is 80.8 cm³/mol. The Morgan fingerprint density at radius 3 is 2.57 bits per heavy atom. The molecule has 0 spiro atoms. The first-order valence-electron chi connectivity index (χ1n) is 7.14. The Labute approximate surface area is 124 Å². The molecule has 110 valence electrons. The number of rotatable bonds is 4. The van der Waals surface area contributed by atoms with E-state index < -0.39 is 0 Å². The topological polar surface area (TPSA) is 61.7 Å². The van der Waals surface area contributed by atoms with Crippen molar-refractivity contribution in [2.75, 3.05) is 6.54 Å². The maximum Gasteiger partial charge on any atom is 0.124 e. The van der Waals surface area contributed by atoms with E-state index >= 15 is 0 Å². The van der Waals surface area contributed by atoms with E-state index in [-0.39, 0.29) is 23.6 Å². The van der Waals surface area contributed by atoms with E-state index in [2.05, 4.69) is 11.4 Å². The Kier molecular flexibility index (Phi) is 3.71. The molecule has 4 heteroatoms. The van der Waals surface area contributed by atoms with Crippen molar-refractivity contribution < 1.29 is 14.9 Å². The monoisotopic (exact) mass is 285 g/mol. The molecule has 0 saturated heterocycles. The van der Waals surface area contributed by atoms with E-state index in [0.29, 0.717) is 12.1 Å². The first-order valence-corrected chi connectivity index (χ1v) is 7.14. The number of phenols is 2. The molecular formula is C17H19NO3. The number of phenolic OH excluding ortho intramolecular Hbond substituents is 2. The Morgan fingerprint density at radius 1 is 1.14 bits per heavy atom. The second-order valence-electron chi connectivity index (χ2n) is 5.39. The second kappa shape index (κ2) is 5.66. The van der Waals surface area contributed by atoms with Crippen LogP contribution in [0.1, 0.15) is 24.1 Å². The fourth-order valence-electron chi connectivity index (χ4n) is 2.76. The van der Waals surface area contributed by atoms with Crippen molar-refractivity contribution in [3.63, 3.8) is 0 Å². The summed E-state index contributed by atoms with van der Waals surface area (Å²) < 4.78 is 5.87. The third-order valence-corrected chi connectivity index (χ3v) is 3.86. The summed E-state index contributed by atoms with van der Waals surface area (Å²) in [7, 11) is 0. The van der Waals surface area contributed by atoms with Crippen molar-refractivity contribution in [2.45, 2.75) is 25.5 Å². The van der Waals surface area contributed by atoms with Gasteiger partial charge in [-0.15, -0.1) is 0 Å². The van der Waals surface area contributed by atoms with Gasteiger partial charge in [-0.25, -0.2) is 0 Å². The molecule has 1 aliphatic heterocycles. The maximum absolute atomic E-state index is 9.86. The molecule has 0 amide bonds. The number of ether oxygens (including phenoxy) is 1. The molecule has 2 aromatic rings. The van der Waals surface area contributed by atoms with Gasteiger partial charge in [-0.3, -0.25) is 0 Å². The Morgan fingerprint density at radius 2 is 1.86 bits per heavy atom. The zero-order valence-electron chi connectivity index (χ0n) is 11.9. The summed E-state index contributed by atoms with van der Waals surface area (Å²) in [6, 6.07) is 12.7. The zero-order chi connectivity index (χ0) is 14.8. The van der Waals surface area contributed by atoms with Crippen LogP contribution >= 0.6 is 0 Å². The zero-order valence-corrected chi connectivity index (χ0v) is 11.9. The van der Waals surface area contributed by atoms with Crippen LogP contribution in [0.5, 0.6) is 17.2 Å². The first-order chi connectivity index (χ1) is 10.1. The Balaban J connectivity index is 1.62. The number of para-hydroxylation sites is 1. The molecule has 0 radical (unpaired) electrons. The van der Waals surface area contributed by atoms with E-state index in [9.17, 15) is 10.2 Å². The number of nitrogens with one attached hydrogen (secondary N) is 1. The highest BCUT2D eigenvalue weighted by Crippen LogP contribution is 2.33. The van der Waals surface area contributed by atoms with Gasteiger partial charge in [0.15, 0.2) is 0 Å².